The summed E-state index contributed by atoms with van der Waals surface area (Å²) in [4.78, 5) is 0. The van der Waals surface area contributed by atoms with Crippen LogP contribution >= 0.6 is 0 Å². The fourth-order valence-electron chi connectivity index (χ4n) is 2.37. The van der Waals surface area contributed by atoms with E-state index in [9.17, 15) is 4.39 Å². The summed E-state index contributed by atoms with van der Waals surface area (Å²) in [5, 5.41) is 9.09. The van der Waals surface area contributed by atoms with Crippen LogP contribution < -0.4 is 0 Å². The van der Waals surface area contributed by atoms with E-state index in [4.69, 9.17) is 5.11 Å². The molecule has 2 rings (SSSR count). The molecule has 2 unspecified atom stereocenters. The molecule has 0 spiro atoms. The zero-order chi connectivity index (χ0) is 10.1. The smallest absolute Gasteiger partial charge is 0.126 e. The molecule has 1 nitrogen and oxygen atoms in total. The molecule has 1 aliphatic rings. The van der Waals surface area contributed by atoms with Crippen LogP contribution in [-0.2, 0) is 6.42 Å². The normalized spacial score (nSPS) is 22.1. The number of hydrogen-bond donors (Lipinski definition) is 1. The highest BCUT2D eigenvalue weighted by atomic mass is 19.1. The van der Waals surface area contributed by atoms with Crippen LogP contribution in [0.25, 0.3) is 0 Å². The summed E-state index contributed by atoms with van der Waals surface area (Å²) in [5.41, 5.74) is 1.96. The monoisotopic (exact) mass is 194 g/mol. The lowest BCUT2D eigenvalue weighted by molar-refractivity contribution is 0.214. The number of aliphatic hydroxyl groups is 1. The highest BCUT2D eigenvalue weighted by Gasteiger charge is 2.29. The fourth-order valence-corrected chi connectivity index (χ4v) is 2.37. The minimum atomic E-state index is -0.106. The van der Waals surface area contributed by atoms with Gasteiger partial charge in [-0.25, -0.2) is 4.39 Å². The minimum absolute atomic E-state index is 0.106. The van der Waals surface area contributed by atoms with Crippen LogP contribution in [0, 0.1) is 11.7 Å². The van der Waals surface area contributed by atoms with E-state index in [2.05, 4.69) is 0 Å². The van der Waals surface area contributed by atoms with E-state index < -0.39 is 0 Å². The summed E-state index contributed by atoms with van der Waals surface area (Å²) in [6.45, 7) is 2.12. The summed E-state index contributed by atoms with van der Waals surface area (Å²) < 4.78 is 13.6. The van der Waals surface area contributed by atoms with Gasteiger partial charge in [0.1, 0.15) is 5.82 Å². The molecule has 0 fully saturated rings. The Morgan fingerprint density at radius 1 is 1.57 bits per heavy atom. The molecule has 0 aromatic heterocycles. The molecule has 0 aliphatic heterocycles. The van der Waals surface area contributed by atoms with Gasteiger partial charge in [0.2, 0.25) is 0 Å². The zero-order valence-corrected chi connectivity index (χ0v) is 8.33. The van der Waals surface area contributed by atoms with Crippen molar-refractivity contribution in [1.82, 2.24) is 0 Å². The van der Waals surface area contributed by atoms with Crippen molar-refractivity contribution in [3.05, 3.63) is 35.1 Å². The Bertz CT molecular complexity index is 335. The van der Waals surface area contributed by atoms with Gasteiger partial charge in [0, 0.05) is 6.61 Å². The molecule has 0 bridgehead atoms. The molecular formula is C12H15FO. The zero-order valence-electron chi connectivity index (χ0n) is 8.33. The lowest BCUT2D eigenvalue weighted by atomic mass is 9.89. The van der Waals surface area contributed by atoms with Crippen molar-refractivity contribution in [2.24, 2.45) is 5.92 Å². The predicted octanol–water partition coefficient (Wildman–Crippen LogP) is 2.48. The van der Waals surface area contributed by atoms with Crippen molar-refractivity contribution < 1.29 is 9.50 Å². The summed E-state index contributed by atoms with van der Waals surface area (Å²) in [5.74, 6) is 0.259. The Balaban J connectivity index is 2.38. The SMILES string of the molecule is CC(CO)C1CCc2cccc(F)c21. The van der Waals surface area contributed by atoms with E-state index in [0.717, 1.165) is 24.0 Å². The number of hydrogen-bond acceptors (Lipinski definition) is 1. The van der Waals surface area contributed by atoms with Gasteiger partial charge in [-0.15, -0.1) is 0 Å². The summed E-state index contributed by atoms with van der Waals surface area (Å²) in [6.07, 6.45) is 1.92. The van der Waals surface area contributed by atoms with E-state index in [1.54, 1.807) is 6.07 Å². The average molecular weight is 194 g/mol. The summed E-state index contributed by atoms with van der Waals surface area (Å²) in [6, 6.07) is 5.27. The van der Waals surface area contributed by atoms with E-state index in [1.807, 2.05) is 13.0 Å². The van der Waals surface area contributed by atoms with Crippen LogP contribution in [0.1, 0.15) is 30.4 Å². The third kappa shape index (κ3) is 1.44. The lowest BCUT2D eigenvalue weighted by Crippen LogP contribution is -2.12. The van der Waals surface area contributed by atoms with E-state index >= 15 is 0 Å². The number of fused-ring (bicyclic) bond motifs is 1. The Labute approximate surface area is 83.6 Å². The van der Waals surface area contributed by atoms with Gasteiger partial charge >= 0.3 is 0 Å². The largest absolute Gasteiger partial charge is 0.396 e. The van der Waals surface area contributed by atoms with Gasteiger partial charge in [0.05, 0.1) is 0 Å². The Morgan fingerprint density at radius 3 is 3.07 bits per heavy atom. The van der Waals surface area contributed by atoms with Gasteiger partial charge in [-0.1, -0.05) is 19.1 Å². The first kappa shape index (κ1) is 9.66. The molecule has 1 aliphatic carbocycles. The molecule has 2 heteroatoms. The van der Waals surface area contributed by atoms with Crippen LogP contribution in [-0.4, -0.2) is 11.7 Å². The lowest BCUT2D eigenvalue weighted by Gasteiger charge is -2.18. The first-order valence-corrected chi connectivity index (χ1v) is 5.12. The summed E-state index contributed by atoms with van der Waals surface area (Å²) in [7, 11) is 0. The molecule has 0 saturated carbocycles. The first-order valence-electron chi connectivity index (χ1n) is 5.12. The molecule has 0 saturated heterocycles. The second-order valence-electron chi connectivity index (χ2n) is 4.12. The quantitative estimate of drug-likeness (QED) is 0.766. The average Bonchev–Trinajstić information content (AvgIpc) is 2.62. The fraction of sp³-hybridized carbons (Fsp3) is 0.500. The molecular weight excluding hydrogens is 179 g/mol. The van der Waals surface area contributed by atoms with Crippen molar-refractivity contribution in [2.45, 2.75) is 25.7 Å². The molecule has 76 valence electrons. The van der Waals surface area contributed by atoms with Crippen LogP contribution in [0.15, 0.2) is 18.2 Å². The first-order chi connectivity index (χ1) is 6.74. The molecule has 1 N–H and O–H groups in total. The number of rotatable bonds is 2. The van der Waals surface area contributed by atoms with E-state index in [-0.39, 0.29) is 24.3 Å². The molecule has 0 amide bonds. The van der Waals surface area contributed by atoms with E-state index in [0.29, 0.717) is 0 Å². The second kappa shape index (κ2) is 3.70. The van der Waals surface area contributed by atoms with Crippen molar-refractivity contribution in [3.8, 4) is 0 Å². The van der Waals surface area contributed by atoms with Gasteiger partial charge in [-0.3, -0.25) is 0 Å². The van der Waals surface area contributed by atoms with Gasteiger partial charge in [-0.2, -0.15) is 0 Å². The van der Waals surface area contributed by atoms with Gasteiger partial charge < -0.3 is 5.11 Å². The number of aliphatic hydroxyl groups excluding tert-OH is 1. The highest BCUT2D eigenvalue weighted by Crippen LogP contribution is 2.39. The maximum absolute atomic E-state index is 13.6. The number of halogens is 1. The summed E-state index contributed by atoms with van der Waals surface area (Å²) >= 11 is 0. The number of benzene rings is 1. The predicted molar refractivity (Wildman–Crippen MR) is 53.7 cm³/mol. The van der Waals surface area contributed by atoms with Crippen molar-refractivity contribution >= 4 is 0 Å². The maximum atomic E-state index is 13.6. The van der Waals surface area contributed by atoms with Crippen LogP contribution in [0.4, 0.5) is 4.39 Å². The Morgan fingerprint density at radius 2 is 2.36 bits per heavy atom. The van der Waals surface area contributed by atoms with Gasteiger partial charge in [0.25, 0.3) is 0 Å². The van der Waals surface area contributed by atoms with Crippen molar-refractivity contribution in [3.63, 3.8) is 0 Å². The molecule has 1 aromatic rings. The topological polar surface area (TPSA) is 20.2 Å². The number of aryl methyl sites for hydroxylation is 1. The molecule has 0 radical (unpaired) electrons. The van der Waals surface area contributed by atoms with Crippen LogP contribution in [0.3, 0.4) is 0 Å². The second-order valence-corrected chi connectivity index (χ2v) is 4.12. The van der Waals surface area contributed by atoms with Crippen molar-refractivity contribution in [1.29, 1.82) is 0 Å². The van der Waals surface area contributed by atoms with E-state index in [1.165, 1.54) is 6.07 Å². The van der Waals surface area contributed by atoms with Crippen LogP contribution in [0.5, 0.6) is 0 Å². The minimum Gasteiger partial charge on any atom is -0.396 e. The maximum Gasteiger partial charge on any atom is 0.126 e. The highest BCUT2D eigenvalue weighted by molar-refractivity contribution is 5.36. The molecule has 2 atom stereocenters. The molecule has 0 heterocycles. The third-order valence-corrected chi connectivity index (χ3v) is 3.21. The van der Waals surface area contributed by atoms with Gasteiger partial charge in [-0.05, 0) is 41.9 Å². The molecule has 14 heavy (non-hydrogen) atoms. The third-order valence-electron chi connectivity index (χ3n) is 3.21. The Hall–Kier alpha value is -0.890. The standard InChI is InChI=1S/C12H15FO/c1-8(7-14)10-6-5-9-3-2-4-11(13)12(9)10/h2-4,8,10,14H,5-7H2,1H3. The van der Waals surface area contributed by atoms with Crippen LogP contribution in [0.2, 0.25) is 0 Å². The molecule has 1 aromatic carbocycles. The van der Waals surface area contributed by atoms with Gasteiger partial charge in [0.15, 0.2) is 0 Å². The Kier molecular flexibility index (Phi) is 2.55. The van der Waals surface area contributed by atoms with Crippen molar-refractivity contribution in [2.75, 3.05) is 6.61 Å².